The Morgan fingerprint density at radius 1 is 1.23 bits per heavy atom. The molecule has 0 spiro atoms. The third-order valence-corrected chi connectivity index (χ3v) is 4.87. The van der Waals surface area contributed by atoms with Crippen molar-refractivity contribution >= 4 is 34.9 Å². The third-order valence-electron chi connectivity index (χ3n) is 3.51. The van der Waals surface area contributed by atoms with Gasteiger partial charge in [0.15, 0.2) is 0 Å². The maximum absolute atomic E-state index is 12.4. The van der Waals surface area contributed by atoms with E-state index in [1.54, 1.807) is 37.4 Å². The van der Waals surface area contributed by atoms with Crippen molar-refractivity contribution in [2.45, 2.75) is 10.9 Å². The Balaban J connectivity index is 1.78. The molecule has 0 bridgehead atoms. The van der Waals surface area contributed by atoms with E-state index in [1.165, 1.54) is 11.8 Å². The van der Waals surface area contributed by atoms with E-state index in [1.807, 2.05) is 18.2 Å². The summed E-state index contributed by atoms with van der Waals surface area (Å²) in [4.78, 5) is 12.4. The normalized spacial score (nSPS) is 10.5. The van der Waals surface area contributed by atoms with Crippen molar-refractivity contribution in [2.75, 3.05) is 18.3 Å². The smallest absolute Gasteiger partial charge is 0.315 e. The molecule has 0 saturated heterocycles. The number of rotatable bonds is 6. The number of hydrogen-bond donors (Lipinski definition) is 2. The number of nitrogen functional groups attached to an aromatic ring is 1. The summed E-state index contributed by atoms with van der Waals surface area (Å²) >= 11 is 7.41. The Morgan fingerprint density at radius 2 is 2.04 bits per heavy atom. The maximum atomic E-state index is 12.4. The molecule has 1 aromatic heterocycles. The van der Waals surface area contributed by atoms with Gasteiger partial charge in [-0.3, -0.25) is 4.79 Å². The van der Waals surface area contributed by atoms with E-state index < -0.39 is 5.56 Å². The predicted octanol–water partition coefficient (Wildman–Crippen LogP) is 3.05. The largest absolute Gasteiger partial charge is 0.497 e. The van der Waals surface area contributed by atoms with Crippen LogP contribution < -0.4 is 21.5 Å². The molecule has 0 aliphatic carbocycles. The van der Waals surface area contributed by atoms with Gasteiger partial charge in [0.2, 0.25) is 11.0 Å². The van der Waals surface area contributed by atoms with Crippen LogP contribution >= 0.6 is 23.4 Å². The Bertz CT molecular complexity index is 979. The zero-order valence-corrected chi connectivity index (χ0v) is 15.4. The highest BCUT2D eigenvalue weighted by atomic mass is 35.5. The SMILES string of the molecule is COc1cccc(Nc2nnc(SCc3ccccc3Cl)n(N)c2=O)c1. The molecule has 0 fully saturated rings. The molecule has 9 heteroatoms. The van der Waals surface area contributed by atoms with E-state index in [2.05, 4.69) is 15.5 Å². The summed E-state index contributed by atoms with van der Waals surface area (Å²) in [5.41, 5.74) is 1.09. The van der Waals surface area contributed by atoms with E-state index in [-0.39, 0.29) is 5.82 Å². The Kier molecular flexibility index (Phi) is 5.65. The van der Waals surface area contributed by atoms with Crippen LogP contribution in [0.1, 0.15) is 5.56 Å². The topological polar surface area (TPSA) is 95.1 Å². The van der Waals surface area contributed by atoms with E-state index in [0.29, 0.717) is 27.4 Å². The summed E-state index contributed by atoms with van der Waals surface area (Å²) in [5, 5.41) is 11.8. The number of ether oxygens (including phenoxy) is 1. The minimum absolute atomic E-state index is 0.0304. The van der Waals surface area contributed by atoms with Gasteiger partial charge >= 0.3 is 5.56 Å². The van der Waals surface area contributed by atoms with Crippen molar-refractivity contribution in [2.24, 2.45) is 0 Å². The molecule has 3 rings (SSSR count). The fourth-order valence-corrected chi connectivity index (χ4v) is 3.30. The summed E-state index contributed by atoms with van der Waals surface area (Å²) in [7, 11) is 1.57. The first kappa shape index (κ1) is 18.1. The average Bonchev–Trinajstić information content (AvgIpc) is 2.66. The monoisotopic (exact) mass is 389 g/mol. The minimum Gasteiger partial charge on any atom is -0.497 e. The number of nitrogens with two attached hydrogens (primary N) is 1. The summed E-state index contributed by atoms with van der Waals surface area (Å²) in [5.74, 6) is 7.09. The number of anilines is 2. The highest BCUT2D eigenvalue weighted by Gasteiger charge is 2.12. The van der Waals surface area contributed by atoms with Gasteiger partial charge in [0.1, 0.15) is 5.75 Å². The average molecular weight is 390 g/mol. The van der Waals surface area contributed by atoms with Crippen LogP contribution in [0, 0.1) is 0 Å². The van der Waals surface area contributed by atoms with Crippen LogP contribution in [-0.4, -0.2) is 22.0 Å². The van der Waals surface area contributed by atoms with Crippen LogP contribution in [0.2, 0.25) is 5.02 Å². The second-order valence-corrected chi connectivity index (χ2v) is 6.59. The van der Waals surface area contributed by atoms with Gasteiger partial charge < -0.3 is 15.9 Å². The molecule has 0 saturated carbocycles. The van der Waals surface area contributed by atoms with Gasteiger partial charge in [-0.1, -0.05) is 47.6 Å². The maximum Gasteiger partial charge on any atom is 0.315 e. The van der Waals surface area contributed by atoms with Gasteiger partial charge in [-0.2, -0.15) is 4.68 Å². The molecule has 0 aliphatic rings. The summed E-state index contributed by atoms with van der Waals surface area (Å²) in [6, 6.07) is 14.6. The number of thioether (sulfide) groups is 1. The zero-order valence-electron chi connectivity index (χ0n) is 13.8. The summed E-state index contributed by atoms with van der Waals surface area (Å²) < 4.78 is 6.12. The van der Waals surface area contributed by atoms with Crippen molar-refractivity contribution in [3.63, 3.8) is 0 Å². The first-order valence-electron chi connectivity index (χ1n) is 7.60. The lowest BCUT2D eigenvalue weighted by molar-refractivity contribution is 0.415. The number of benzene rings is 2. The van der Waals surface area contributed by atoms with Crippen LogP contribution in [-0.2, 0) is 5.75 Å². The van der Waals surface area contributed by atoms with Gasteiger partial charge in [0.05, 0.1) is 7.11 Å². The molecule has 2 aromatic carbocycles. The molecule has 0 unspecified atom stereocenters. The molecule has 7 nitrogen and oxygen atoms in total. The molecule has 0 amide bonds. The lowest BCUT2D eigenvalue weighted by atomic mass is 10.2. The van der Waals surface area contributed by atoms with Gasteiger partial charge in [0.25, 0.3) is 0 Å². The van der Waals surface area contributed by atoms with Crippen LogP contribution in [0.3, 0.4) is 0 Å². The molecule has 26 heavy (non-hydrogen) atoms. The standard InChI is InChI=1S/C17H16ClN5O2S/c1-25-13-7-4-6-12(9-13)20-15-16(24)23(19)17(22-21-15)26-10-11-5-2-3-8-14(11)18/h2-9H,10,19H2,1H3,(H,20,21). The fraction of sp³-hybridized carbons (Fsp3) is 0.118. The molecule has 0 atom stereocenters. The van der Waals surface area contributed by atoms with Gasteiger partial charge in [-0.05, 0) is 23.8 Å². The second-order valence-electron chi connectivity index (χ2n) is 5.24. The molecule has 1 heterocycles. The van der Waals surface area contributed by atoms with Crippen molar-refractivity contribution < 1.29 is 4.74 Å². The zero-order chi connectivity index (χ0) is 18.5. The highest BCUT2D eigenvalue weighted by Crippen LogP contribution is 2.24. The van der Waals surface area contributed by atoms with Crippen LogP contribution in [0.5, 0.6) is 5.75 Å². The van der Waals surface area contributed by atoms with E-state index in [9.17, 15) is 4.79 Å². The lowest BCUT2D eigenvalue weighted by Crippen LogP contribution is -2.32. The van der Waals surface area contributed by atoms with Gasteiger partial charge in [0, 0.05) is 22.5 Å². The Labute approximate surface area is 159 Å². The first-order valence-corrected chi connectivity index (χ1v) is 8.97. The molecular formula is C17H16ClN5O2S. The summed E-state index contributed by atoms with van der Waals surface area (Å²) in [6.45, 7) is 0. The number of methoxy groups -OCH3 is 1. The Hall–Kier alpha value is -2.71. The van der Waals surface area contributed by atoms with Crippen LogP contribution in [0.15, 0.2) is 58.5 Å². The first-order chi connectivity index (χ1) is 12.6. The number of halogens is 1. The number of nitrogens with one attached hydrogen (secondary N) is 1. The third kappa shape index (κ3) is 4.09. The van der Waals surface area contributed by atoms with E-state index >= 15 is 0 Å². The van der Waals surface area contributed by atoms with Crippen molar-refractivity contribution in [3.05, 3.63) is 69.5 Å². The molecule has 3 aromatic rings. The second kappa shape index (κ2) is 8.11. The van der Waals surface area contributed by atoms with Crippen molar-refractivity contribution in [3.8, 4) is 5.75 Å². The van der Waals surface area contributed by atoms with Crippen molar-refractivity contribution in [1.29, 1.82) is 0 Å². The van der Waals surface area contributed by atoms with Gasteiger partial charge in [-0.15, -0.1) is 10.2 Å². The minimum atomic E-state index is -0.482. The molecule has 134 valence electrons. The van der Waals surface area contributed by atoms with Crippen LogP contribution in [0.25, 0.3) is 0 Å². The predicted molar refractivity (Wildman–Crippen MR) is 104 cm³/mol. The Morgan fingerprint density at radius 3 is 2.81 bits per heavy atom. The lowest BCUT2D eigenvalue weighted by Gasteiger charge is -2.10. The number of hydrogen-bond acceptors (Lipinski definition) is 7. The van der Waals surface area contributed by atoms with E-state index in [0.717, 1.165) is 10.2 Å². The molecular weight excluding hydrogens is 374 g/mol. The fourth-order valence-electron chi connectivity index (χ4n) is 2.16. The highest BCUT2D eigenvalue weighted by molar-refractivity contribution is 7.98. The summed E-state index contributed by atoms with van der Waals surface area (Å²) in [6.07, 6.45) is 0. The number of aromatic nitrogens is 3. The van der Waals surface area contributed by atoms with Crippen molar-refractivity contribution in [1.82, 2.24) is 14.9 Å². The van der Waals surface area contributed by atoms with Gasteiger partial charge in [-0.25, -0.2) is 0 Å². The number of nitrogens with zero attached hydrogens (tertiary/aromatic N) is 3. The van der Waals surface area contributed by atoms with Crippen LogP contribution in [0.4, 0.5) is 11.5 Å². The van der Waals surface area contributed by atoms with E-state index in [4.69, 9.17) is 22.2 Å². The molecule has 3 N–H and O–H groups in total. The molecule has 0 aliphatic heterocycles. The quantitative estimate of drug-likeness (QED) is 0.494. The molecule has 0 radical (unpaired) electrons.